The number of carboxylic acid groups (broad SMARTS) is 1. The van der Waals surface area contributed by atoms with Gasteiger partial charge in [-0.15, -0.1) is 0 Å². The first-order valence-corrected chi connectivity index (χ1v) is 16.1. The van der Waals surface area contributed by atoms with Gasteiger partial charge in [0.1, 0.15) is 11.5 Å². The molecule has 2 bridgehead atoms. The molecule has 0 unspecified atom stereocenters. The summed E-state index contributed by atoms with van der Waals surface area (Å²) in [5.74, 6) is 0.0932. The number of fused-ring (bicyclic) bond motifs is 4. The molecule has 192 valence electrons. The maximum Gasteiger partial charge on any atom is 0.308 e. The second-order valence-electron chi connectivity index (χ2n) is 11.2. The molecule has 3 aliphatic carbocycles. The average molecular weight is 521 g/mol. The highest BCUT2D eigenvalue weighted by molar-refractivity contribution is 6.88. The number of aliphatic carboxylic acids is 1. The number of rotatable bonds is 6. The van der Waals surface area contributed by atoms with Gasteiger partial charge in [-0.2, -0.15) is 9.97 Å². The van der Waals surface area contributed by atoms with E-state index in [-0.39, 0.29) is 23.8 Å². The highest BCUT2D eigenvalue weighted by Crippen LogP contribution is 2.46. The van der Waals surface area contributed by atoms with Crippen molar-refractivity contribution in [1.29, 1.82) is 0 Å². The number of halogens is 1. The molecule has 0 aromatic carbocycles. The number of furan rings is 1. The number of carbonyl (C=O) groups is 1. The fourth-order valence-corrected chi connectivity index (χ4v) is 6.82. The van der Waals surface area contributed by atoms with Gasteiger partial charge in [0.05, 0.1) is 26.5 Å². The molecule has 4 aromatic heterocycles. The molecule has 11 heteroatoms. The van der Waals surface area contributed by atoms with Crippen molar-refractivity contribution < 1.29 is 18.7 Å². The quantitative estimate of drug-likeness (QED) is 0.313. The summed E-state index contributed by atoms with van der Waals surface area (Å²) in [7, 11) is -1.64. The summed E-state index contributed by atoms with van der Waals surface area (Å²) < 4.78 is 19.9. The fraction of sp³-hybridized carbons (Fsp3) is 0.423. The van der Waals surface area contributed by atoms with Crippen LogP contribution in [0.3, 0.4) is 0 Å². The van der Waals surface area contributed by atoms with E-state index in [4.69, 9.17) is 4.42 Å². The summed E-state index contributed by atoms with van der Waals surface area (Å²) in [6.07, 6.45) is 8.45. The van der Waals surface area contributed by atoms with E-state index in [0.717, 1.165) is 37.1 Å². The molecule has 0 amide bonds. The van der Waals surface area contributed by atoms with Gasteiger partial charge in [-0.05, 0) is 54.8 Å². The summed E-state index contributed by atoms with van der Waals surface area (Å²) >= 11 is 0. The first kappa shape index (κ1) is 23.8. The van der Waals surface area contributed by atoms with Gasteiger partial charge in [0, 0.05) is 23.2 Å². The molecule has 3 N–H and O–H groups in total. The second kappa shape index (κ2) is 8.75. The number of H-pyrrole nitrogens is 1. The van der Waals surface area contributed by atoms with Crippen molar-refractivity contribution in [1.82, 2.24) is 24.9 Å². The molecule has 3 fully saturated rings. The summed E-state index contributed by atoms with van der Waals surface area (Å²) in [5, 5.41) is 15.1. The lowest BCUT2D eigenvalue weighted by molar-refractivity contribution is -0.148. The first-order valence-electron chi connectivity index (χ1n) is 12.6. The minimum absolute atomic E-state index is 0.146. The minimum atomic E-state index is -1.64. The lowest BCUT2D eigenvalue weighted by Gasteiger charge is -2.46. The van der Waals surface area contributed by atoms with Crippen molar-refractivity contribution in [3.63, 3.8) is 0 Å². The van der Waals surface area contributed by atoms with Crippen molar-refractivity contribution >= 4 is 36.2 Å². The third-order valence-corrected chi connectivity index (χ3v) is 9.85. The van der Waals surface area contributed by atoms with Gasteiger partial charge in [0.2, 0.25) is 11.8 Å². The number of aromatic nitrogens is 5. The van der Waals surface area contributed by atoms with E-state index in [2.05, 4.69) is 49.9 Å². The largest absolute Gasteiger partial charge is 0.481 e. The third kappa shape index (κ3) is 4.30. The number of anilines is 1. The number of hydrogen-bond acceptors (Lipinski definition) is 7. The van der Waals surface area contributed by atoms with Crippen molar-refractivity contribution in [2.75, 3.05) is 5.32 Å². The smallest absolute Gasteiger partial charge is 0.308 e. The van der Waals surface area contributed by atoms with E-state index in [1.807, 2.05) is 6.07 Å². The van der Waals surface area contributed by atoms with Crippen LogP contribution in [0.15, 0.2) is 35.2 Å². The van der Waals surface area contributed by atoms with Crippen molar-refractivity contribution in [2.45, 2.75) is 51.4 Å². The summed E-state index contributed by atoms with van der Waals surface area (Å²) in [6.45, 7) is 6.68. The van der Waals surface area contributed by atoms with Crippen LogP contribution >= 0.6 is 0 Å². The molecule has 4 heterocycles. The Balaban J connectivity index is 1.46. The Hall–Kier alpha value is -3.60. The Bertz CT molecular complexity index is 1490. The molecule has 0 radical (unpaired) electrons. The topological polar surface area (TPSA) is 130 Å². The third-order valence-electron chi connectivity index (χ3n) is 7.86. The molecule has 9 nitrogen and oxygen atoms in total. The lowest BCUT2D eigenvalue weighted by atomic mass is 9.61. The van der Waals surface area contributed by atoms with E-state index < -0.39 is 25.8 Å². The van der Waals surface area contributed by atoms with E-state index in [9.17, 15) is 14.3 Å². The fourth-order valence-electron chi connectivity index (χ4n) is 5.84. The molecule has 0 aliphatic heterocycles. The predicted molar refractivity (Wildman–Crippen MR) is 140 cm³/mol. The molecular formula is C26H29FN6O3Si. The second-order valence-corrected chi connectivity index (χ2v) is 16.3. The summed E-state index contributed by atoms with van der Waals surface area (Å²) in [4.78, 5) is 33.4. The number of hydrogen-bond donors (Lipinski definition) is 3. The first-order chi connectivity index (χ1) is 17.7. The number of aromatic amines is 1. The van der Waals surface area contributed by atoms with Gasteiger partial charge in [0.25, 0.3) is 0 Å². The van der Waals surface area contributed by atoms with Crippen molar-refractivity contribution in [3.05, 3.63) is 36.6 Å². The van der Waals surface area contributed by atoms with Crippen molar-refractivity contribution in [3.8, 4) is 23.0 Å². The average Bonchev–Trinajstić information content (AvgIpc) is 3.52. The van der Waals surface area contributed by atoms with Crippen LogP contribution in [0.25, 0.3) is 34.0 Å². The summed E-state index contributed by atoms with van der Waals surface area (Å²) in [5.41, 5.74) is 1.09. The maximum atomic E-state index is 14.1. The molecular weight excluding hydrogens is 491 g/mol. The Kier molecular flexibility index (Phi) is 5.63. The highest BCUT2D eigenvalue weighted by atomic mass is 28.3. The molecule has 0 saturated heterocycles. The van der Waals surface area contributed by atoms with Crippen LogP contribution in [-0.4, -0.2) is 50.1 Å². The number of carboxylic acids is 1. The maximum absolute atomic E-state index is 14.1. The molecule has 7 rings (SSSR count). The molecule has 4 aromatic rings. The lowest BCUT2D eigenvalue weighted by Crippen LogP contribution is -2.51. The van der Waals surface area contributed by atoms with Gasteiger partial charge in [0.15, 0.2) is 11.6 Å². The molecule has 37 heavy (non-hydrogen) atoms. The normalized spacial score (nSPS) is 23.5. The monoisotopic (exact) mass is 520 g/mol. The minimum Gasteiger partial charge on any atom is -0.481 e. The van der Waals surface area contributed by atoms with Crippen LogP contribution in [0, 0.1) is 23.6 Å². The van der Waals surface area contributed by atoms with E-state index in [1.165, 1.54) is 6.07 Å². The zero-order chi connectivity index (χ0) is 25.9. The van der Waals surface area contributed by atoms with Crippen LogP contribution in [0.5, 0.6) is 0 Å². The van der Waals surface area contributed by atoms with E-state index >= 15 is 0 Å². The number of pyridine rings is 1. The standard InChI is InChI=1S/C26H29FN6O3Si/c1-37(2,3)16-9-19(36-12-16)24-31-23(18-11-29-22-17(18)8-15(27)10-28-22)32-26(33-24)30-21-14-6-4-13(5-7-14)20(21)25(34)35/h8-14,20-21H,4-7H2,1-3H3,(H,28,29)(H,34,35)(H,30,31,32,33)/t13?,14?,20-,21-/m0/s1. The number of nitrogens with one attached hydrogen (secondary N) is 2. The zero-order valence-corrected chi connectivity index (χ0v) is 22.0. The SMILES string of the molecule is C[Si](C)(C)c1coc(-c2nc(N[C@H]3C4CCC(CC4)[C@@H]3C(=O)O)nc(-c3c[nH]c4ncc(F)cc34)n2)c1. The molecule has 3 saturated carbocycles. The molecule has 2 atom stereocenters. The van der Waals surface area contributed by atoms with Gasteiger partial charge in [-0.25, -0.2) is 14.4 Å². The van der Waals surface area contributed by atoms with Gasteiger partial charge in [-0.1, -0.05) is 19.6 Å². The zero-order valence-electron chi connectivity index (χ0n) is 21.0. The Morgan fingerprint density at radius 1 is 1.11 bits per heavy atom. The molecule has 0 spiro atoms. The van der Waals surface area contributed by atoms with Gasteiger partial charge in [-0.3, -0.25) is 4.79 Å². The van der Waals surface area contributed by atoms with E-state index in [1.54, 1.807) is 12.5 Å². The van der Waals surface area contributed by atoms with Gasteiger partial charge >= 0.3 is 5.97 Å². The highest BCUT2D eigenvalue weighted by Gasteiger charge is 2.47. The van der Waals surface area contributed by atoms with Crippen LogP contribution < -0.4 is 10.5 Å². The van der Waals surface area contributed by atoms with Crippen LogP contribution in [0.2, 0.25) is 19.6 Å². The van der Waals surface area contributed by atoms with E-state index in [0.29, 0.717) is 34.0 Å². The Morgan fingerprint density at radius 2 is 1.84 bits per heavy atom. The van der Waals surface area contributed by atoms with Crippen LogP contribution in [0.1, 0.15) is 25.7 Å². The Morgan fingerprint density at radius 3 is 2.54 bits per heavy atom. The summed E-state index contributed by atoms with van der Waals surface area (Å²) in [6, 6.07) is 3.08. The van der Waals surface area contributed by atoms with Crippen LogP contribution in [-0.2, 0) is 4.79 Å². The van der Waals surface area contributed by atoms with Crippen LogP contribution in [0.4, 0.5) is 10.3 Å². The van der Waals surface area contributed by atoms with Gasteiger partial charge < -0.3 is 19.8 Å². The molecule has 3 aliphatic rings. The predicted octanol–water partition coefficient (Wildman–Crippen LogP) is 4.66. The Labute approximate surface area is 214 Å². The van der Waals surface area contributed by atoms with Crippen molar-refractivity contribution in [2.24, 2.45) is 17.8 Å². The number of nitrogens with zero attached hydrogens (tertiary/aromatic N) is 4.